The first kappa shape index (κ1) is 12.2. The minimum Gasteiger partial charge on any atom is -0.399 e. The largest absolute Gasteiger partial charge is 0.399 e. The molecule has 0 aromatic heterocycles. The van der Waals surface area contributed by atoms with E-state index in [9.17, 15) is 4.79 Å². The summed E-state index contributed by atoms with van der Waals surface area (Å²) in [6.45, 7) is 3.93. The minimum atomic E-state index is -0.0495. The molecule has 0 fully saturated rings. The van der Waals surface area contributed by atoms with E-state index >= 15 is 0 Å². The molecule has 92 valence electrons. The molecule has 0 aliphatic rings. The Labute approximate surface area is 106 Å². The predicted octanol–water partition coefficient (Wildman–Crippen LogP) is 2.70. The second kappa shape index (κ2) is 4.53. The number of hydrogen-bond donors (Lipinski definition) is 2. The number of carbonyl (C=O) groups excluding carboxylic acids is 1. The van der Waals surface area contributed by atoms with Gasteiger partial charge >= 0.3 is 0 Å². The number of rotatable bonds is 2. The van der Waals surface area contributed by atoms with Gasteiger partial charge < -0.3 is 11.5 Å². The lowest BCUT2D eigenvalue weighted by Crippen LogP contribution is -2.05. The van der Waals surface area contributed by atoms with Crippen LogP contribution in [-0.4, -0.2) is 5.78 Å². The normalized spacial score (nSPS) is 10.3. The maximum Gasteiger partial charge on any atom is 0.193 e. The molecule has 4 N–H and O–H groups in total. The van der Waals surface area contributed by atoms with Crippen molar-refractivity contribution >= 4 is 17.2 Å². The van der Waals surface area contributed by atoms with Gasteiger partial charge in [-0.05, 0) is 37.6 Å². The molecule has 0 amide bonds. The smallest absolute Gasteiger partial charge is 0.193 e. The van der Waals surface area contributed by atoms with Crippen molar-refractivity contribution in [3.8, 4) is 0 Å². The Hall–Kier alpha value is -2.29. The Kier molecular flexibility index (Phi) is 3.06. The van der Waals surface area contributed by atoms with Crippen molar-refractivity contribution in [1.29, 1.82) is 0 Å². The van der Waals surface area contributed by atoms with E-state index in [4.69, 9.17) is 11.5 Å². The number of benzene rings is 2. The molecular formula is C15H16N2O. The van der Waals surface area contributed by atoms with Crippen LogP contribution in [0.1, 0.15) is 27.0 Å². The number of hydrogen-bond acceptors (Lipinski definition) is 3. The predicted molar refractivity (Wildman–Crippen MR) is 74.6 cm³/mol. The monoisotopic (exact) mass is 240 g/mol. The summed E-state index contributed by atoms with van der Waals surface area (Å²) in [5, 5.41) is 0. The Bertz CT molecular complexity index is 598. The average Bonchev–Trinajstić information content (AvgIpc) is 2.26. The van der Waals surface area contributed by atoms with Gasteiger partial charge in [0, 0.05) is 22.5 Å². The zero-order valence-corrected chi connectivity index (χ0v) is 10.5. The summed E-state index contributed by atoms with van der Waals surface area (Å²) in [6, 6.07) is 10.7. The number of aryl methyl sites for hydroxylation is 2. The summed E-state index contributed by atoms with van der Waals surface area (Å²) in [7, 11) is 0. The fourth-order valence-corrected chi connectivity index (χ4v) is 2.03. The molecule has 0 saturated heterocycles. The second-order valence-electron chi connectivity index (χ2n) is 4.54. The quantitative estimate of drug-likeness (QED) is 0.626. The van der Waals surface area contributed by atoms with Crippen molar-refractivity contribution in [2.24, 2.45) is 0 Å². The van der Waals surface area contributed by atoms with E-state index in [1.807, 2.05) is 32.0 Å². The standard InChI is InChI=1S/C15H16N2O/c1-9-3-4-14(10(2)5-9)15(18)11-6-12(16)8-13(17)7-11/h3-8H,16-17H2,1-2H3. The van der Waals surface area contributed by atoms with E-state index in [1.54, 1.807) is 18.2 Å². The summed E-state index contributed by atoms with van der Waals surface area (Å²) >= 11 is 0. The van der Waals surface area contributed by atoms with Crippen LogP contribution in [0, 0.1) is 13.8 Å². The van der Waals surface area contributed by atoms with E-state index in [1.165, 1.54) is 0 Å². The van der Waals surface area contributed by atoms with Crippen LogP contribution in [0.5, 0.6) is 0 Å². The van der Waals surface area contributed by atoms with E-state index in [0.29, 0.717) is 22.5 Å². The van der Waals surface area contributed by atoms with Crippen molar-refractivity contribution in [2.75, 3.05) is 11.5 Å². The number of nitrogen functional groups attached to an aromatic ring is 2. The van der Waals surface area contributed by atoms with Crippen LogP contribution in [0.2, 0.25) is 0 Å². The summed E-state index contributed by atoms with van der Waals surface area (Å²) in [5.41, 5.74) is 15.7. The number of carbonyl (C=O) groups is 1. The van der Waals surface area contributed by atoms with Crippen molar-refractivity contribution in [3.63, 3.8) is 0 Å². The lowest BCUT2D eigenvalue weighted by Gasteiger charge is -2.07. The number of ketones is 1. The van der Waals surface area contributed by atoms with Crippen LogP contribution in [-0.2, 0) is 0 Å². The van der Waals surface area contributed by atoms with Crippen LogP contribution < -0.4 is 11.5 Å². The molecule has 0 radical (unpaired) electrons. The molecule has 0 bridgehead atoms. The van der Waals surface area contributed by atoms with Crippen LogP contribution in [0.3, 0.4) is 0 Å². The topological polar surface area (TPSA) is 69.1 Å². The average molecular weight is 240 g/mol. The fraction of sp³-hybridized carbons (Fsp3) is 0.133. The third-order valence-corrected chi connectivity index (χ3v) is 2.87. The van der Waals surface area contributed by atoms with Gasteiger partial charge in [-0.2, -0.15) is 0 Å². The van der Waals surface area contributed by atoms with Gasteiger partial charge in [0.25, 0.3) is 0 Å². The van der Waals surface area contributed by atoms with Gasteiger partial charge in [0.1, 0.15) is 0 Å². The summed E-state index contributed by atoms with van der Waals surface area (Å²) in [4.78, 5) is 12.4. The van der Waals surface area contributed by atoms with E-state index < -0.39 is 0 Å². The van der Waals surface area contributed by atoms with E-state index in [0.717, 1.165) is 11.1 Å². The van der Waals surface area contributed by atoms with Crippen molar-refractivity contribution in [3.05, 3.63) is 58.7 Å². The second-order valence-corrected chi connectivity index (χ2v) is 4.54. The first-order valence-electron chi connectivity index (χ1n) is 5.75. The van der Waals surface area contributed by atoms with Crippen LogP contribution in [0.15, 0.2) is 36.4 Å². The van der Waals surface area contributed by atoms with Gasteiger partial charge in [-0.25, -0.2) is 0 Å². The van der Waals surface area contributed by atoms with Gasteiger partial charge in [0.05, 0.1) is 0 Å². The third kappa shape index (κ3) is 2.35. The summed E-state index contributed by atoms with van der Waals surface area (Å²) in [6.07, 6.45) is 0. The molecule has 2 aromatic rings. The van der Waals surface area contributed by atoms with E-state index in [-0.39, 0.29) is 5.78 Å². The molecule has 2 rings (SSSR count). The first-order chi connectivity index (χ1) is 8.47. The van der Waals surface area contributed by atoms with Gasteiger partial charge in [-0.3, -0.25) is 4.79 Å². The molecule has 0 aliphatic carbocycles. The van der Waals surface area contributed by atoms with Crippen LogP contribution >= 0.6 is 0 Å². The molecule has 2 aromatic carbocycles. The fourth-order valence-electron chi connectivity index (χ4n) is 2.03. The number of anilines is 2. The van der Waals surface area contributed by atoms with Gasteiger partial charge in [-0.1, -0.05) is 23.8 Å². The molecule has 0 aliphatic heterocycles. The SMILES string of the molecule is Cc1ccc(C(=O)c2cc(N)cc(N)c2)c(C)c1. The zero-order chi connectivity index (χ0) is 13.3. The molecule has 3 heteroatoms. The minimum absolute atomic E-state index is 0.0495. The highest BCUT2D eigenvalue weighted by Gasteiger charge is 2.12. The van der Waals surface area contributed by atoms with E-state index in [2.05, 4.69) is 0 Å². The molecule has 0 spiro atoms. The molecule has 18 heavy (non-hydrogen) atoms. The lowest BCUT2D eigenvalue weighted by molar-refractivity contribution is 0.103. The van der Waals surface area contributed by atoms with Crippen molar-refractivity contribution in [2.45, 2.75) is 13.8 Å². The molecular weight excluding hydrogens is 224 g/mol. The van der Waals surface area contributed by atoms with Gasteiger partial charge in [0.15, 0.2) is 5.78 Å². The molecule has 0 atom stereocenters. The summed E-state index contributed by atoms with van der Waals surface area (Å²) < 4.78 is 0. The lowest BCUT2D eigenvalue weighted by atomic mass is 9.97. The van der Waals surface area contributed by atoms with Crippen LogP contribution in [0.25, 0.3) is 0 Å². The van der Waals surface area contributed by atoms with Gasteiger partial charge in [0.2, 0.25) is 0 Å². The highest BCUT2D eigenvalue weighted by Crippen LogP contribution is 2.19. The third-order valence-electron chi connectivity index (χ3n) is 2.87. The highest BCUT2D eigenvalue weighted by molar-refractivity contribution is 6.10. The Morgan fingerprint density at radius 3 is 2.11 bits per heavy atom. The molecule has 0 heterocycles. The zero-order valence-electron chi connectivity index (χ0n) is 10.5. The first-order valence-corrected chi connectivity index (χ1v) is 5.75. The molecule has 0 saturated carbocycles. The van der Waals surface area contributed by atoms with Gasteiger partial charge in [-0.15, -0.1) is 0 Å². The maximum absolute atomic E-state index is 12.4. The van der Waals surface area contributed by atoms with Crippen molar-refractivity contribution in [1.82, 2.24) is 0 Å². The Morgan fingerprint density at radius 1 is 0.944 bits per heavy atom. The van der Waals surface area contributed by atoms with Crippen molar-refractivity contribution < 1.29 is 4.79 Å². The maximum atomic E-state index is 12.4. The Balaban J connectivity index is 2.47. The van der Waals surface area contributed by atoms with Crippen LogP contribution in [0.4, 0.5) is 11.4 Å². The number of nitrogens with two attached hydrogens (primary N) is 2. The molecule has 0 unspecified atom stereocenters. The molecule has 3 nitrogen and oxygen atoms in total. The Morgan fingerprint density at radius 2 is 1.56 bits per heavy atom. The highest BCUT2D eigenvalue weighted by atomic mass is 16.1. The summed E-state index contributed by atoms with van der Waals surface area (Å²) in [5.74, 6) is -0.0495.